The Morgan fingerprint density at radius 3 is 2.46 bits per heavy atom. The lowest BCUT2D eigenvalue weighted by atomic mass is 9.74. The Balaban J connectivity index is 1.31. The Morgan fingerprint density at radius 1 is 1.05 bits per heavy atom. The van der Waals surface area contributed by atoms with Gasteiger partial charge in [-0.25, -0.2) is 0 Å². The second-order valence-electron chi connectivity index (χ2n) is 10.9. The second-order valence-corrected chi connectivity index (χ2v) is 11.8. The first-order chi connectivity index (χ1) is 18.9. The molecule has 204 valence electrons. The fourth-order valence-electron chi connectivity index (χ4n) is 6.65. The number of anilines is 1. The number of nitrogens with one attached hydrogen (secondary N) is 2. The molecule has 4 aliphatic rings. The summed E-state index contributed by atoms with van der Waals surface area (Å²) in [5.74, 6) is -1.56. The molecular formula is C30H32BrN3O5. The van der Waals surface area contributed by atoms with Crippen LogP contribution in [0.4, 0.5) is 5.69 Å². The van der Waals surface area contributed by atoms with Crippen molar-refractivity contribution in [3.05, 3.63) is 70.7 Å². The van der Waals surface area contributed by atoms with Crippen LogP contribution in [0.25, 0.3) is 0 Å². The number of benzene rings is 2. The lowest BCUT2D eigenvalue weighted by molar-refractivity contribution is -0.142. The van der Waals surface area contributed by atoms with E-state index in [9.17, 15) is 14.4 Å². The van der Waals surface area contributed by atoms with E-state index in [1.807, 2.05) is 48.6 Å². The Hall–Kier alpha value is -3.17. The maximum Gasteiger partial charge on any atom is 0.246 e. The van der Waals surface area contributed by atoms with Crippen LogP contribution in [0.15, 0.2) is 65.2 Å². The minimum absolute atomic E-state index is 0.0821. The van der Waals surface area contributed by atoms with E-state index < -0.39 is 29.6 Å². The third-order valence-electron chi connectivity index (χ3n) is 8.50. The largest absolute Gasteiger partial charge is 0.497 e. The highest BCUT2D eigenvalue weighted by Gasteiger charge is 2.72. The zero-order valence-electron chi connectivity index (χ0n) is 21.8. The number of carbonyl (C=O) groups is 3. The number of likely N-dealkylation sites (tertiary alicyclic amines) is 1. The molecule has 3 aliphatic heterocycles. The Labute approximate surface area is 236 Å². The smallest absolute Gasteiger partial charge is 0.246 e. The summed E-state index contributed by atoms with van der Waals surface area (Å²) in [6.07, 6.45) is 8.31. The number of hydrogen-bond acceptors (Lipinski definition) is 5. The van der Waals surface area contributed by atoms with Crippen molar-refractivity contribution in [2.24, 2.45) is 11.8 Å². The summed E-state index contributed by atoms with van der Waals surface area (Å²) in [6.45, 7) is 0.229. The molecular weight excluding hydrogens is 562 g/mol. The number of hydrogen-bond donors (Lipinski definition) is 2. The van der Waals surface area contributed by atoms with Crippen molar-refractivity contribution in [1.82, 2.24) is 10.2 Å². The van der Waals surface area contributed by atoms with E-state index in [1.165, 1.54) is 6.42 Å². The number of amides is 3. The van der Waals surface area contributed by atoms with Gasteiger partial charge in [0.25, 0.3) is 0 Å². The van der Waals surface area contributed by atoms with Gasteiger partial charge in [-0.2, -0.15) is 0 Å². The topological polar surface area (TPSA) is 97.0 Å². The molecule has 1 aliphatic carbocycles. The van der Waals surface area contributed by atoms with Crippen molar-refractivity contribution in [1.29, 1.82) is 0 Å². The number of carbonyl (C=O) groups excluding carboxylic acids is 3. The molecule has 2 saturated heterocycles. The summed E-state index contributed by atoms with van der Waals surface area (Å²) in [5, 5.41) is 6.18. The SMILES string of the molecule is COc1ccc(CN2C(=O)[C@H]3[C@H](C(=O)Nc4ccc(Br)cc4)[C@H]4C=C[C@@]3(O4)[C@@H]2C(=O)NC2CCCCC2)cc1. The quantitative estimate of drug-likeness (QED) is 0.469. The van der Waals surface area contributed by atoms with Crippen LogP contribution < -0.4 is 15.4 Å². The minimum Gasteiger partial charge on any atom is -0.497 e. The molecule has 1 saturated carbocycles. The molecule has 3 amide bonds. The van der Waals surface area contributed by atoms with Crippen molar-refractivity contribution < 1.29 is 23.9 Å². The van der Waals surface area contributed by atoms with Gasteiger partial charge in [-0.3, -0.25) is 14.4 Å². The number of ether oxygens (including phenoxy) is 2. The molecule has 2 bridgehead atoms. The first-order valence-corrected chi connectivity index (χ1v) is 14.4. The van der Waals surface area contributed by atoms with Gasteiger partial charge in [0.05, 0.1) is 25.0 Å². The van der Waals surface area contributed by atoms with Crippen LogP contribution >= 0.6 is 15.9 Å². The molecule has 3 heterocycles. The van der Waals surface area contributed by atoms with Gasteiger partial charge in [-0.15, -0.1) is 0 Å². The van der Waals surface area contributed by atoms with Crippen LogP contribution in [0.2, 0.25) is 0 Å². The van der Waals surface area contributed by atoms with Crippen LogP contribution in [0.1, 0.15) is 37.7 Å². The van der Waals surface area contributed by atoms with Crippen molar-refractivity contribution in [2.75, 3.05) is 12.4 Å². The summed E-state index contributed by atoms with van der Waals surface area (Å²) in [5.41, 5.74) is 0.316. The lowest BCUT2D eigenvalue weighted by Crippen LogP contribution is -2.56. The molecule has 2 aromatic carbocycles. The molecule has 6 rings (SSSR count). The number of nitrogens with zero attached hydrogens (tertiary/aromatic N) is 1. The molecule has 8 nitrogen and oxygen atoms in total. The Bertz CT molecular complexity index is 1290. The number of halogens is 1. The van der Waals surface area contributed by atoms with Gasteiger partial charge in [-0.05, 0) is 54.8 Å². The highest BCUT2D eigenvalue weighted by atomic mass is 79.9. The molecule has 9 heteroatoms. The summed E-state index contributed by atoms with van der Waals surface area (Å²) >= 11 is 3.41. The van der Waals surface area contributed by atoms with Crippen LogP contribution in [0.3, 0.4) is 0 Å². The van der Waals surface area contributed by atoms with E-state index in [-0.39, 0.29) is 30.3 Å². The lowest BCUT2D eigenvalue weighted by Gasteiger charge is -2.34. The zero-order valence-corrected chi connectivity index (χ0v) is 23.4. The predicted octanol–water partition coefficient (Wildman–Crippen LogP) is 4.20. The van der Waals surface area contributed by atoms with Crippen LogP contribution in [0.5, 0.6) is 5.75 Å². The first kappa shape index (κ1) is 26.1. The van der Waals surface area contributed by atoms with E-state index in [4.69, 9.17) is 9.47 Å². The average Bonchev–Trinajstić information content (AvgIpc) is 3.58. The maximum absolute atomic E-state index is 14.1. The van der Waals surface area contributed by atoms with Crippen LogP contribution in [-0.4, -0.2) is 53.5 Å². The molecule has 0 aromatic heterocycles. The predicted molar refractivity (Wildman–Crippen MR) is 149 cm³/mol. The van der Waals surface area contributed by atoms with Crippen LogP contribution in [-0.2, 0) is 25.7 Å². The van der Waals surface area contributed by atoms with Crippen molar-refractivity contribution in [3.63, 3.8) is 0 Å². The van der Waals surface area contributed by atoms with Gasteiger partial charge >= 0.3 is 0 Å². The molecule has 2 aromatic rings. The van der Waals surface area contributed by atoms with Gasteiger partial charge in [0.2, 0.25) is 17.7 Å². The monoisotopic (exact) mass is 593 g/mol. The third kappa shape index (κ3) is 4.65. The van der Waals surface area contributed by atoms with Gasteiger partial charge in [-0.1, -0.05) is 59.5 Å². The normalized spacial score (nSPS) is 29.4. The molecule has 0 unspecified atom stereocenters. The van der Waals surface area contributed by atoms with Crippen molar-refractivity contribution >= 4 is 39.3 Å². The highest BCUT2D eigenvalue weighted by Crippen LogP contribution is 2.55. The molecule has 1 spiro atoms. The average molecular weight is 595 g/mol. The van der Waals surface area contributed by atoms with Crippen molar-refractivity contribution in [3.8, 4) is 5.75 Å². The van der Waals surface area contributed by atoms with Gasteiger partial charge in [0.15, 0.2) is 0 Å². The standard InChI is InChI=1S/C30H32BrN3O5/c1-38-22-13-7-18(8-14-22)17-34-26(28(36)33-20-5-3-2-4-6-20)30-16-15-23(39-30)24(25(30)29(34)37)27(35)32-21-11-9-19(31)10-12-21/h7-16,20,23-26H,2-6,17H2,1H3,(H,32,35)(H,33,36)/t23-,24-,25-,26+,30+/m1/s1. The molecule has 5 atom stereocenters. The molecule has 39 heavy (non-hydrogen) atoms. The van der Waals surface area contributed by atoms with Crippen LogP contribution in [0, 0.1) is 11.8 Å². The van der Waals surface area contributed by atoms with Gasteiger partial charge in [0, 0.05) is 22.7 Å². The number of methoxy groups -OCH3 is 1. The third-order valence-corrected chi connectivity index (χ3v) is 9.03. The first-order valence-electron chi connectivity index (χ1n) is 13.6. The highest BCUT2D eigenvalue weighted by molar-refractivity contribution is 9.10. The summed E-state index contributed by atoms with van der Waals surface area (Å²) in [6, 6.07) is 14.0. The second kappa shape index (κ2) is 10.4. The fraction of sp³-hybridized carbons (Fsp3) is 0.433. The van der Waals surface area contributed by atoms with E-state index in [1.54, 1.807) is 24.1 Å². The van der Waals surface area contributed by atoms with Crippen molar-refractivity contribution in [2.45, 2.75) is 62.4 Å². The summed E-state index contributed by atoms with van der Waals surface area (Å²) in [4.78, 5) is 43.3. The fourth-order valence-corrected chi connectivity index (χ4v) is 6.92. The van der Waals surface area contributed by atoms with Gasteiger partial charge in [0.1, 0.15) is 17.4 Å². The molecule has 0 radical (unpaired) electrons. The van der Waals surface area contributed by atoms with E-state index in [0.717, 1.165) is 35.7 Å². The van der Waals surface area contributed by atoms with E-state index >= 15 is 0 Å². The van der Waals surface area contributed by atoms with E-state index in [2.05, 4.69) is 26.6 Å². The summed E-state index contributed by atoms with van der Waals surface area (Å²) < 4.78 is 12.6. The van der Waals surface area contributed by atoms with Gasteiger partial charge < -0.3 is 25.0 Å². The number of fused-ring (bicyclic) bond motifs is 1. The molecule has 2 N–H and O–H groups in total. The molecule has 3 fully saturated rings. The zero-order chi connectivity index (χ0) is 27.1. The maximum atomic E-state index is 14.1. The minimum atomic E-state index is -1.19. The Morgan fingerprint density at radius 2 is 1.77 bits per heavy atom. The van der Waals surface area contributed by atoms with E-state index in [0.29, 0.717) is 11.4 Å². The summed E-state index contributed by atoms with van der Waals surface area (Å²) in [7, 11) is 1.60. The number of rotatable bonds is 7. The Kier molecular flexibility index (Phi) is 6.97.